The van der Waals surface area contributed by atoms with Gasteiger partial charge in [-0.05, 0) is 32.5 Å². The molecule has 0 aliphatic carbocycles. The van der Waals surface area contributed by atoms with E-state index < -0.39 is 17.0 Å². The minimum absolute atomic E-state index is 0.310. The van der Waals surface area contributed by atoms with Crippen LogP contribution in [0.4, 0.5) is 0 Å². The SMILES string of the molecule is CCO[Si](C)(OCC)N(C)[Si](C)(C)C(C)(C)C. The standard InChI is InChI=1S/C12H31NO2Si2/c1-10-14-17(9,15-11-2)13(6)16(7,8)12(3,4)5/h10-11H2,1-9H3. The Balaban J connectivity index is 5.14. The molecule has 0 aliphatic rings. The monoisotopic (exact) mass is 277 g/mol. The first-order chi connectivity index (χ1) is 7.53. The summed E-state index contributed by atoms with van der Waals surface area (Å²) in [5.74, 6) is 0. The quantitative estimate of drug-likeness (QED) is 0.693. The second-order valence-corrected chi connectivity index (χ2v) is 14.9. The lowest BCUT2D eigenvalue weighted by Crippen LogP contribution is -2.67. The van der Waals surface area contributed by atoms with Crippen LogP contribution in [0.1, 0.15) is 34.6 Å². The summed E-state index contributed by atoms with van der Waals surface area (Å²) >= 11 is 0. The van der Waals surface area contributed by atoms with Gasteiger partial charge in [0.1, 0.15) is 8.24 Å². The highest BCUT2D eigenvalue weighted by atomic mass is 28.4. The maximum Gasteiger partial charge on any atom is 0.417 e. The van der Waals surface area contributed by atoms with E-state index in [9.17, 15) is 0 Å². The molecule has 104 valence electrons. The van der Waals surface area contributed by atoms with Crippen LogP contribution in [0.2, 0.25) is 24.7 Å². The third-order valence-electron chi connectivity index (χ3n) is 4.11. The molecule has 17 heavy (non-hydrogen) atoms. The molecule has 0 radical (unpaired) electrons. The van der Waals surface area contributed by atoms with E-state index in [1.807, 2.05) is 13.8 Å². The van der Waals surface area contributed by atoms with Crippen LogP contribution in [0.15, 0.2) is 0 Å². The van der Waals surface area contributed by atoms with Crippen LogP contribution in [0.25, 0.3) is 0 Å². The Bertz CT molecular complexity index is 233. The van der Waals surface area contributed by atoms with Crippen LogP contribution in [0.5, 0.6) is 0 Å². The molecule has 0 fully saturated rings. The fraction of sp³-hybridized carbons (Fsp3) is 1.00. The van der Waals surface area contributed by atoms with Crippen LogP contribution in [-0.2, 0) is 8.85 Å². The average molecular weight is 278 g/mol. The molecule has 0 atom stereocenters. The van der Waals surface area contributed by atoms with Crippen LogP contribution in [0, 0.1) is 0 Å². The molecule has 0 aromatic carbocycles. The van der Waals surface area contributed by atoms with Gasteiger partial charge in [0.15, 0.2) is 0 Å². The fourth-order valence-corrected chi connectivity index (χ4v) is 9.79. The van der Waals surface area contributed by atoms with E-state index in [2.05, 4.69) is 51.7 Å². The van der Waals surface area contributed by atoms with Gasteiger partial charge in [0, 0.05) is 13.2 Å². The van der Waals surface area contributed by atoms with Crippen LogP contribution >= 0.6 is 0 Å². The summed E-state index contributed by atoms with van der Waals surface area (Å²) in [5, 5.41) is 0.310. The minimum Gasteiger partial charge on any atom is -0.383 e. The van der Waals surface area contributed by atoms with Crippen molar-refractivity contribution in [2.45, 2.75) is 59.3 Å². The van der Waals surface area contributed by atoms with E-state index in [0.29, 0.717) is 5.04 Å². The first kappa shape index (κ1) is 17.3. The second-order valence-electron chi connectivity index (χ2n) is 6.13. The summed E-state index contributed by atoms with van der Waals surface area (Å²) in [6.07, 6.45) is 0. The van der Waals surface area contributed by atoms with Crippen LogP contribution in [-0.4, -0.2) is 41.5 Å². The van der Waals surface area contributed by atoms with E-state index >= 15 is 0 Å². The van der Waals surface area contributed by atoms with Gasteiger partial charge in [-0.25, -0.2) is 0 Å². The zero-order valence-electron chi connectivity index (χ0n) is 13.2. The smallest absolute Gasteiger partial charge is 0.383 e. The molecular formula is C12H31NO2Si2. The fourth-order valence-electron chi connectivity index (χ4n) is 1.78. The van der Waals surface area contributed by atoms with Crippen molar-refractivity contribution in [1.29, 1.82) is 0 Å². The molecule has 0 unspecified atom stereocenters. The number of rotatable bonds is 6. The molecule has 0 N–H and O–H groups in total. The highest BCUT2D eigenvalue weighted by molar-refractivity contribution is 6.87. The predicted molar refractivity (Wildman–Crippen MR) is 79.8 cm³/mol. The number of nitrogens with zero attached hydrogens (tertiary/aromatic N) is 1. The molecular weight excluding hydrogens is 246 g/mol. The number of hydrogen-bond acceptors (Lipinski definition) is 3. The van der Waals surface area contributed by atoms with E-state index in [-0.39, 0.29) is 0 Å². The van der Waals surface area contributed by atoms with Crippen LogP contribution in [0.3, 0.4) is 0 Å². The van der Waals surface area contributed by atoms with Crippen molar-refractivity contribution in [2.24, 2.45) is 0 Å². The van der Waals surface area contributed by atoms with Crippen LogP contribution < -0.4 is 0 Å². The lowest BCUT2D eigenvalue weighted by molar-refractivity contribution is 0.156. The van der Waals surface area contributed by atoms with Crippen molar-refractivity contribution in [3.05, 3.63) is 0 Å². The summed E-state index contributed by atoms with van der Waals surface area (Å²) < 4.78 is 14.4. The Kier molecular flexibility index (Phi) is 6.08. The first-order valence-corrected chi connectivity index (χ1v) is 11.8. The predicted octanol–water partition coefficient (Wildman–Crippen LogP) is 3.57. The molecule has 0 heterocycles. The largest absolute Gasteiger partial charge is 0.417 e. The maximum atomic E-state index is 5.99. The van der Waals surface area contributed by atoms with Crippen molar-refractivity contribution in [1.82, 2.24) is 4.23 Å². The zero-order valence-corrected chi connectivity index (χ0v) is 15.2. The molecule has 0 rings (SSSR count). The van der Waals surface area contributed by atoms with E-state index in [1.165, 1.54) is 0 Å². The van der Waals surface area contributed by atoms with E-state index in [1.54, 1.807) is 0 Å². The van der Waals surface area contributed by atoms with E-state index in [4.69, 9.17) is 8.85 Å². The molecule has 0 aromatic heterocycles. The van der Waals surface area contributed by atoms with Gasteiger partial charge < -0.3 is 13.1 Å². The molecule has 5 heteroatoms. The Morgan fingerprint density at radius 3 is 1.53 bits per heavy atom. The topological polar surface area (TPSA) is 21.7 Å². The summed E-state index contributed by atoms with van der Waals surface area (Å²) in [4.78, 5) is 0. The van der Waals surface area contributed by atoms with Gasteiger partial charge in [0.2, 0.25) is 0 Å². The highest BCUT2D eigenvalue weighted by Gasteiger charge is 2.50. The van der Waals surface area contributed by atoms with Crippen molar-refractivity contribution >= 4 is 17.0 Å². The first-order valence-electron chi connectivity index (χ1n) is 6.54. The normalized spacial score (nSPS) is 14.5. The Morgan fingerprint density at radius 2 is 1.29 bits per heavy atom. The van der Waals surface area contributed by atoms with Gasteiger partial charge in [-0.15, -0.1) is 0 Å². The summed E-state index contributed by atoms with van der Waals surface area (Å²) in [6.45, 7) is 19.5. The third kappa shape index (κ3) is 3.89. The van der Waals surface area contributed by atoms with Gasteiger partial charge in [0.25, 0.3) is 0 Å². The second kappa shape index (κ2) is 5.97. The molecule has 3 nitrogen and oxygen atoms in total. The molecule has 0 amide bonds. The highest BCUT2D eigenvalue weighted by Crippen LogP contribution is 2.39. The molecule has 0 saturated heterocycles. The third-order valence-corrected chi connectivity index (χ3v) is 15.2. The van der Waals surface area contributed by atoms with Gasteiger partial charge in [-0.2, -0.15) is 0 Å². The average Bonchev–Trinajstić information content (AvgIpc) is 2.15. The van der Waals surface area contributed by atoms with Crippen molar-refractivity contribution < 1.29 is 8.85 Å². The van der Waals surface area contributed by atoms with Gasteiger partial charge in [-0.1, -0.05) is 33.9 Å². The lowest BCUT2D eigenvalue weighted by atomic mass is 10.2. The minimum atomic E-state index is -2.20. The molecule has 0 aromatic rings. The van der Waals surface area contributed by atoms with Gasteiger partial charge >= 0.3 is 8.72 Å². The molecule has 0 spiro atoms. The summed E-state index contributed by atoms with van der Waals surface area (Å²) in [6, 6.07) is 0. The van der Waals surface area contributed by atoms with Crippen molar-refractivity contribution in [3.63, 3.8) is 0 Å². The summed E-state index contributed by atoms with van der Waals surface area (Å²) in [5.41, 5.74) is 0. The van der Waals surface area contributed by atoms with Crippen molar-refractivity contribution in [3.8, 4) is 0 Å². The Hall–Kier alpha value is 0.314. The summed E-state index contributed by atoms with van der Waals surface area (Å²) in [7, 11) is -1.59. The number of hydrogen-bond donors (Lipinski definition) is 0. The van der Waals surface area contributed by atoms with Gasteiger partial charge in [0.05, 0.1) is 0 Å². The van der Waals surface area contributed by atoms with Gasteiger partial charge in [-0.3, -0.25) is 0 Å². The molecule has 0 saturated carbocycles. The Labute approximate surface area is 110 Å². The molecule has 0 aliphatic heterocycles. The zero-order chi connectivity index (χ0) is 13.9. The lowest BCUT2D eigenvalue weighted by Gasteiger charge is -2.49. The van der Waals surface area contributed by atoms with Crippen molar-refractivity contribution in [2.75, 3.05) is 20.3 Å². The Morgan fingerprint density at radius 1 is 0.941 bits per heavy atom. The maximum absolute atomic E-state index is 5.99. The molecule has 0 bridgehead atoms. The van der Waals surface area contributed by atoms with E-state index in [0.717, 1.165) is 13.2 Å².